The van der Waals surface area contributed by atoms with Gasteiger partial charge in [0, 0.05) is 53.2 Å². The van der Waals surface area contributed by atoms with Crippen molar-refractivity contribution in [2.24, 2.45) is 4.99 Å². The topological polar surface area (TPSA) is 60.4 Å². The van der Waals surface area contributed by atoms with Crippen molar-refractivity contribution in [1.82, 2.24) is 20.0 Å². The molecule has 0 bridgehead atoms. The number of aliphatic imine (C=N–C) groups is 1. The molecule has 0 radical (unpaired) electrons. The summed E-state index contributed by atoms with van der Waals surface area (Å²) in [5.41, 5.74) is 1.34. The number of benzene rings is 1. The number of rotatable bonds is 6. The molecular weight excluding hydrogens is 354 g/mol. The number of fused-ring (bicyclic) bond motifs is 1. The number of guanidine groups is 1. The van der Waals surface area contributed by atoms with E-state index in [4.69, 9.17) is 9.73 Å². The average molecular weight is 388 g/mol. The highest BCUT2D eigenvalue weighted by atomic mass is 16.5. The molecule has 0 saturated carbocycles. The highest BCUT2D eigenvalue weighted by molar-refractivity contribution is 5.81. The van der Waals surface area contributed by atoms with Crippen LogP contribution in [0.5, 0.6) is 0 Å². The van der Waals surface area contributed by atoms with Gasteiger partial charge >= 0.3 is 0 Å². The number of amides is 1. The van der Waals surface area contributed by atoms with Gasteiger partial charge in [-0.3, -0.25) is 14.7 Å². The minimum absolute atomic E-state index is 0.104. The van der Waals surface area contributed by atoms with Crippen LogP contribution in [-0.4, -0.2) is 92.1 Å². The maximum atomic E-state index is 11.8. The molecule has 1 aromatic carbocycles. The van der Waals surface area contributed by atoms with Crippen molar-refractivity contribution >= 4 is 11.9 Å². The Balaban J connectivity index is 1.63. The zero-order valence-electron chi connectivity index (χ0n) is 17.3. The van der Waals surface area contributed by atoms with E-state index in [2.05, 4.69) is 52.4 Å². The van der Waals surface area contributed by atoms with Crippen LogP contribution in [0.25, 0.3) is 0 Å². The van der Waals surface area contributed by atoms with Gasteiger partial charge in [-0.1, -0.05) is 30.3 Å². The Morgan fingerprint density at radius 2 is 2.07 bits per heavy atom. The molecule has 1 aromatic rings. The first kappa shape index (κ1) is 20.6. The lowest BCUT2D eigenvalue weighted by Crippen LogP contribution is -2.50. The van der Waals surface area contributed by atoms with E-state index >= 15 is 0 Å². The van der Waals surface area contributed by atoms with Crippen molar-refractivity contribution in [1.29, 1.82) is 0 Å². The standard InChI is InChI=1S/C21H33N5O2/c1-4-22-21(23-11-10-20(27)24(2)3)26-15-18-19(16-26)28-13-12-25(18)14-17-8-6-5-7-9-17/h5-9,18-19H,4,10-16H2,1-3H3,(H,22,23). The van der Waals surface area contributed by atoms with Crippen molar-refractivity contribution in [3.05, 3.63) is 35.9 Å². The number of hydrogen-bond donors (Lipinski definition) is 1. The van der Waals surface area contributed by atoms with Crippen molar-refractivity contribution in [3.8, 4) is 0 Å². The van der Waals surface area contributed by atoms with E-state index < -0.39 is 0 Å². The first-order chi connectivity index (χ1) is 13.6. The molecule has 2 heterocycles. The van der Waals surface area contributed by atoms with Crippen molar-refractivity contribution in [2.45, 2.75) is 32.0 Å². The third-order valence-corrected chi connectivity index (χ3v) is 5.37. The van der Waals surface area contributed by atoms with Crippen LogP contribution in [0.1, 0.15) is 18.9 Å². The van der Waals surface area contributed by atoms with E-state index in [1.165, 1.54) is 5.56 Å². The minimum atomic E-state index is 0.104. The number of morpholine rings is 1. The highest BCUT2D eigenvalue weighted by Crippen LogP contribution is 2.24. The molecule has 3 rings (SSSR count). The van der Waals surface area contributed by atoms with Crippen LogP contribution in [0, 0.1) is 0 Å². The lowest BCUT2D eigenvalue weighted by Gasteiger charge is -2.36. The summed E-state index contributed by atoms with van der Waals surface area (Å²) in [4.78, 5) is 22.9. The average Bonchev–Trinajstić information content (AvgIpc) is 3.13. The molecule has 1 amide bonds. The second-order valence-corrected chi connectivity index (χ2v) is 7.61. The first-order valence-corrected chi connectivity index (χ1v) is 10.2. The number of hydrogen-bond acceptors (Lipinski definition) is 4. The Labute approximate surface area is 168 Å². The van der Waals surface area contributed by atoms with E-state index in [1.54, 1.807) is 19.0 Å². The molecule has 7 nitrogen and oxygen atoms in total. The molecular formula is C21H33N5O2. The zero-order chi connectivity index (χ0) is 19.9. The SMILES string of the molecule is CCNC(=NCCC(=O)N(C)C)N1CC2OCCN(Cc3ccccc3)C2C1. The third-order valence-electron chi connectivity index (χ3n) is 5.37. The van der Waals surface area contributed by atoms with Gasteiger partial charge in [-0.05, 0) is 12.5 Å². The molecule has 2 aliphatic rings. The normalized spacial score (nSPS) is 22.8. The van der Waals surface area contributed by atoms with Crippen molar-refractivity contribution in [3.63, 3.8) is 0 Å². The number of carbonyl (C=O) groups excluding carboxylic acids is 1. The van der Waals surface area contributed by atoms with Crippen LogP contribution >= 0.6 is 0 Å². The number of carbonyl (C=O) groups is 1. The van der Waals surface area contributed by atoms with Crippen molar-refractivity contribution in [2.75, 3.05) is 53.4 Å². The van der Waals surface area contributed by atoms with Gasteiger partial charge in [0.1, 0.15) is 0 Å². The summed E-state index contributed by atoms with van der Waals surface area (Å²) in [6.45, 7) is 7.78. The van der Waals surface area contributed by atoms with E-state index in [-0.39, 0.29) is 12.0 Å². The maximum absolute atomic E-state index is 11.8. The minimum Gasteiger partial charge on any atom is -0.373 e. The highest BCUT2D eigenvalue weighted by Gasteiger charge is 2.41. The van der Waals surface area contributed by atoms with Crippen LogP contribution < -0.4 is 5.32 Å². The number of ether oxygens (including phenoxy) is 1. The smallest absolute Gasteiger partial charge is 0.223 e. The molecule has 1 N–H and O–H groups in total. The van der Waals surface area contributed by atoms with E-state index in [0.29, 0.717) is 19.0 Å². The van der Waals surface area contributed by atoms with E-state index in [0.717, 1.165) is 45.3 Å². The fraction of sp³-hybridized carbons (Fsp3) is 0.619. The maximum Gasteiger partial charge on any atom is 0.223 e. The van der Waals surface area contributed by atoms with Crippen molar-refractivity contribution < 1.29 is 9.53 Å². The molecule has 0 spiro atoms. The van der Waals surface area contributed by atoms with Gasteiger partial charge < -0.3 is 19.9 Å². The molecule has 0 aliphatic carbocycles. The molecule has 2 unspecified atom stereocenters. The molecule has 7 heteroatoms. The van der Waals surface area contributed by atoms with Gasteiger partial charge in [-0.2, -0.15) is 0 Å². The predicted octanol–water partition coefficient (Wildman–Crippen LogP) is 1.02. The fourth-order valence-corrected chi connectivity index (χ4v) is 3.85. The summed E-state index contributed by atoms with van der Waals surface area (Å²) in [5.74, 6) is 0.985. The Kier molecular flexibility index (Phi) is 7.28. The first-order valence-electron chi connectivity index (χ1n) is 10.2. The third kappa shape index (κ3) is 5.23. The van der Waals surface area contributed by atoms with Gasteiger partial charge in [0.25, 0.3) is 0 Å². The lowest BCUT2D eigenvalue weighted by molar-refractivity contribution is -0.128. The zero-order valence-corrected chi connectivity index (χ0v) is 17.3. The Morgan fingerprint density at radius 1 is 1.29 bits per heavy atom. The molecule has 2 fully saturated rings. The van der Waals surface area contributed by atoms with Gasteiger partial charge in [0.05, 0.1) is 25.3 Å². The summed E-state index contributed by atoms with van der Waals surface area (Å²) in [7, 11) is 3.56. The molecule has 2 aliphatic heterocycles. The van der Waals surface area contributed by atoms with Crippen LogP contribution in [0.3, 0.4) is 0 Å². The second kappa shape index (κ2) is 9.89. The van der Waals surface area contributed by atoms with E-state index in [9.17, 15) is 4.79 Å². The van der Waals surface area contributed by atoms with Crippen LogP contribution in [0.15, 0.2) is 35.3 Å². The Hall–Kier alpha value is -2.12. The molecule has 28 heavy (non-hydrogen) atoms. The quantitative estimate of drug-likeness (QED) is 0.583. The number of nitrogens with zero attached hydrogens (tertiary/aromatic N) is 4. The van der Waals surface area contributed by atoms with Crippen LogP contribution in [0.4, 0.5) is 0 Å². The molecule has 2 atom stereocenters. The molecule has 154 valence electrons. The summed E-state index contributed by atoms with van der Waals surface area (Å²) < 4.78 is 6.08. The van der Waals surface area contributed by atoms with Crippen LogP contribution in [-0.2, 0) is 16.1 Å². The Bertz CT molecular complexity index is 664. The van der Waals surface area contributed by atoms with Gasteiger partial charge in [0.15, 0.2) is 5.96 Å². The lowest BCUT2D eigenvalue weighted by atomic mass is 10.1. The molecule has 2 saturated heterocycles. The number of likely N-dealkylation sites (tertiary alicyclic amines) is 1. The van der Waals surface area contributed by atoms with Gasteiger partial charge in [-0.15, -0.1) is 0 Å². The van der Waals surface area contributed by atoms with Gasteiger partial charge in [0.2, 0.25) is 5.91 Å². The predicted molar refractivity (Wildman–Crippen MR) is 111 cm³/mol. The second-order valence-electron chi connectivity index (χ2n) is 7.61. The monoisotopic (exact) mass is 387 g/mol. The molecule has 0 aromatic heterocycles. The Morgan fingerprint density at radius 3 is 2.79 bits per heavy atom. The summed E-state index contributed by atoms with van der Waals surface area (Å²) >= 11 is 0. The van der Waals surface area contributed by atoms with Crippen LogP contribution in [0.2, 0.25) is 0 Å². The fourth-order valence-electron chi connectivity index (χ4n) is 3.85. The van der Waals surface area contributed by atoms with E-state index in [1.807, 2.05) is 0 Å². The number of nitrogens with one attached hydrogen (secondary N) is 1. The largest absolute Gasteiger partial charge is 0.373 e. The summed E-state index contributed by atoms with van der Waals surface area (Å²) in [6.07, 6.45) is 0.629. The summed E-state index contributed by atoms with van der Waals surface area (Å²) in [6, 6.07) is 11.0. The van der Waals surface area contributed by atoms with Gasteiger partial charge in [-0.25, -0.2) is 0 Å². The summed E-state index contributed by atoms with van der Waals surface area (Å²) in [5, 5.41) is 3.38.